The number of hydrogen-bond donors (Lipinski definition) is 1. The van der Waals surface area contributed by atoms with Crippen molar-refractivity contribution in [3.8, 4) is 0 Å². The summed E-state index contributed by atoms with van der Waals surface area (Å²) in [6.07, 6.45) is -2.81. The van der Waals surface area contributed by atoms with Gasteiger partial charge in [-0.25, -0.2) is 14.6 Å². The molecule has 0 amide bonds. The molecule has 1 aliphatic heterocycles. The van der Waals surface area contributed by atoms with Gasteiger partial charge in [0.1, 0.15) is 0 Å². The summed E-state index contributed by atoms with van der Waals surface area (Å²) < 4.78 is 44.5. The second-order valence-corrected chi connectivity index (χ2v) is 10.2. The van der Waals surface area contributed by atoms with E-state index >= 15 is 0 Å². The maximum absolute atomic E-state index is 12.9. The number of anilines is 1. The molecule has 14 heteroatoms. The molecule has 4 heterocycles. The van der Waals surface area contributed by atoms with Crippen molar-refractivity contribution >= 4 is 27.9 Å². The summed E-state index contributed by atoms with van der Waals surface area (Å²) in [6, 6.07) is 13.1. The molecule has 2 aromatic carbocycles. The highest BCUT2D eigenvalue weighted by atomic mass is 19.4. The van der Waals surface area contributed by atoms with Crippen molar-refractivity contribution in [2.24, 2.45) is 21.1 Å². The molecule has 0 spiro atoms. The van der Waals surface area contributed by atoms with Crippen molar-refractivity contribution in [3.05, 3.63) is 91.7 Å². The molecular formula is C28H31F3N8O3. The number of fused-ring (bicyclic) bond motifs is 2. The van der Waals surface area contributed by atoms with Gasteiger partial charge in [-0.05, 0) is 30.3 Å². The summed E-state index contributed by atoms with van der Waals surface area (Å²) in [6.45, 7) is 4.10. The van der Waals surface area contributed by atoms with Crippen LogP contribution in [0, 0.1) is 0 Å². The Balaban J connectivity index is 0.000000211. The zero-order chi connectivity index (χ0) is 30.2. The Bertz CT molecular complexity index is 1910. The molecule has 0 atom stereocenters. The van der Waals surface area contributed by atoms with Gasteiger partial charge in [-0.3, -0.25) is 23.4 Å². The van der Waals surface area contributed by atoms with E-state index < -0.39 is 11.7 Å². The molecule has 5 aromatic rings. The molecule has 6 rings (SSSR count). The number of piperazine rings is 1. The summed E-state index contributed by atoms with van der Waals surface area (Å²) >= 11 is 0. The number of hydrogen-bond acceptors (Lipinski definition) is 6. The van der Waals surface area contributed by atoms with Crippen molar-refractivity contribution in [2.45, 2.75) is 12.7 Å². The monoisotopic (exact) mass is 584 g/mol. The van der Waals surface area contributed by atoms with Crippen LogP contribution in [0.1, 0.15) is 5.56 Å². The largest absolute Gasteiger partial charge is 0.416 e. The van der Waals surface area contributed by atoms with Crippen LogP contribution >= 0.6 is 0 Å². The number of H-pyrrole nitrogens is 1. The van der Waals surface area contributed by atoms with Gasteiger partial charge in [0.05, 0.1) is 22.9 Å². The molecule has 42 heavy (non-hydrogen) atoms. The molecule has 222 valence electrons. The van der Waals surface area contributed by atoms with E-state index in [0.717, 1.165) is 41.3 Å². The van der Waals surface area contributed by atoms with Crippen LogP contribution in [0.2, 0.25) is 0 Å². The quantitative estimate of drug-likeness (QED) is 0.347. The lowest BCUT2D eigenvalue weighted by atomic mass is 10.1. The number of aromatic amines is 1. The van der Waals surface area contributed by atoms with Crippen molar-refractivity contribution in [2.75, 3.05) is 37.6 Å². The average molecular weight is 585 g/mol. The molecule has 0 unspecified atom stereocenters. The highest BCUT2D eigenvalue weighted by molar-refractivity contribution is 5.74. The Hall–Kier alpha value is -4.59. The van der Waals surface area contributed by atoms with Crippen LogP contribution in [-0.4, -0.2) is 65.9 Å². The molecule has 3 aromatic heterocycles. The van der Waals surface area contributed by atoms with Crippen LogP contribution in [-0.2, 0) is 33.9 Å². The third kappa shape index (κ3) is 5.62. The van der Waals surface area contributed by atoms with Gasteiger partial charge in [-0.1, -0.05) is 18.2 Å². The van der Waals surface area contributed by atoms with Gasteiger partial charge in [0.2, 0.25) is 0 Å². The highest BCUT2D eigenvalue weighted by Crippen LogP contribution is 2.31. The second kappa shape index (κ2) is 11.4. The normalized spacial score (nSPS) is 14.4. The Labute approximate surface area is 237 Å². The number of alkyl halides is 3. The number of rotatable bonds is 4. The molecular weight excluding hydrogens is 553 g/mol. The maximum Gasteiger partial charge on any atom is 0.416 e. The minimum absolute atomic E-state index is 0.121. The standard InChI is InChI=1S/C20H21F3N4O.C8H10N4O2/c21-20(22,23)15-4-3-5-16(14-15)26-11-8-25(9-12-26)10-13-27-18-7-2-1-6-17(18)24-19(27)28;1-10-4-9-6-5(10)7(13)12(3)8(14)11(6)2/h1-7,14H,8-13H2,(H,24,28);4H,1-3H3. The lowest BCUT2D eigenvalue weighted by molar-refractivity contribution is -0.137. The van der Waals surface area contributed by atoms with Crippen molar-refractivity contribution < 1.29 is 13.2 Å². The molecule has 0 bridgehead atoms. The molecule has 1 aliphatic rings. The van der Waals surface area contributed by atoms with Crippen molar-refractivity contribution in [1.29, 1.82) is 0 Å². The van der Waals surface area contributed by atoms with Crippen LogP contribution in [0.5, 0.6) is 0 Å². The van der Waals surface area contributed by atoms with E-state index in [2.05, 4.69) is 14.9 Å². The number of halogens is 3. The van der Waals surface area contributed by atoms with Crippen LogP contribution in [0.25, 0.3) is 22.2 Å². The first-order chi connectivity index (χ1) is 20.0. The number of benzene rings is 2. The van der Waals surface area contributed by atoms with Crippen LogP contribution < -0.4 is 21.8 Å². The minimum atomic E-state index is -4.33. The lowest BCUT2D eigenvalue weighted by Crippen LogP contribution is -2.47. The predicted octanol–water partition coefficient (Wildman–Crippen LogP) is 2.14. The molecule has 0 aliphatic carbocycles. The van der Waals surface area contributed by atoms with E-state index in [1.807, 2.05) is 29.2 Å². The third-order valence-electron chi connectivity index (χ3n) is 7.55. The minimum Gasteiger partial charge on any atom is -0.369 e. The van der Waals surface area contributed by atoms with E-state index in [1.165, 1.54) is 30.1 Å². The molecule has 0 saturated carbocycles. The van der Waals surface area contributed by atoms with Gasteiger partial charge in [0.25, 0.3) is 5.56 Å². The van der Waals surface area contributed by atoms with E-state index in [4.69, 9.17) is 0 Å². The first-order valence-corrected chi connectivity index (χ1v) is 13.3. The van der Waals surface area contributed by atoms with E-state index in [9.17, 15) is 27.6 Å². The topological polar surface area (TPSA) is 106 Å². The first-order valence-electron chi connectivity index (χ1n) is 13.3. The zero-order valence-corrected chi connectivity index (χ0v) is 23.4. The van der Waals surface area contributed by atoms with Gasteiger partial charge < -0.3 is 14.5 Å². The highest BCUT2D eigenvalue weighted by Gasteiger charge is 2.31. The number of nitrogens with one attached hydrogen (secondary N) is 1. The number of aromatic nitrogens is 6. The molecule has 1 N–H and O–H groups in total. The molecule has 0 radical (unpaired) electrons. The van der Waals surface area contributed by atoms with E-state index in [0.29, 0.717) is 36.5 Å². The van der Waals surface area contributed by atoms with Gasteiger partial charge in [-0.2, -0.15) is 13.2 Å². The van der Waals surface area contributed by atoms with E-state index in [1.54, 1.807) is 29.3 Å². The smallest absolute Gasteiger partial charge is 0.369 e. The fraction of sp³-hybridized carbons (Fsp3) is 0.357. The van der Waals surface area contributed by atoms with E-state index in [-0.39, 0.29) is 16.9 Å². The summed E-state index contributed by atoms with van der Waals surface area (Å²) in [7, 11) is 4.77. The molecule has 1 saturated heterocycles. The number of nitrogens with zero attached hydrogens (tertiary/aromatic N) is 7. The van der Waals surface area contributed by atoms with Gasteiger partial charge in [0.15, 0.2) is 11.2 Å². The maximum atomic E-state index is 12.9. The van der Waals surface area contributed by atoms with Crippen LogP contribution in [0.3, 0.4) is 0 Å². The number of para-hydroxylation sites is 2. The SMILES string of the molecule is Cn1c(=O)c2c(ncn2C)n(C)c1=O.O=c1[nH]c2ccccc2n1CCN1CCN(c2cccc(C(F)(F)F)c2)CC1. The fourth-order valence-corrected chi connectivity index (χ4v) is 5.15. The van der Waals surface area contributed by atoms with Crippen LogP contribution in [0.4, 0.5) is 18.9 Å². The summed E-state index contributed by atoms with van der Waals surface area (Å²) in [4.78, 5) is 46.4. The van der Waals surface area contributed by atoms with Crippen molar-refractivity contribution in [3.63, 3.8) is 0 Å². The Morgan fingerprint density at radius 2 is 1.60 bits per heavy atom. The average Bonchev–Trinajstić information content (AvgIpc) is 3.53. The summed E-state index contributed by atoms with van der Waals surface area (Å²) in [5, 5.41) is 0. The van der Waals surface area contributed by atoms with Gasteiger partial charge in [0, 0.05) is 66.1 Å². The number of imidazole rings is 2. The van der Waals surface area contributed by atoms with Gasteiger partial charge in [-0.15, -0.1) is 0 Å². The first kappa shape index (κ1) is 28.9. The Morgan fingerprint density at radius 3 is 2.31 bits per heavy atom. The zero-order valence-electron chi connectivity index (χ0n) is 23.4. The summed E-state index contributed by atoms with van der Waals surface area (Å²) in [5.74, 6) is 0. The lowest BCUT2D eigenvalue weighted by Gasteiger charge is -2.36. The van der Waals surface area contributed by atoms with Crippen molar-refractivity contribution in [1.82, 2.24) is 33.1 Å². The predicted molar refractivity (Wildman–Crippen MR) is 154 cm³/mol. The molecule has 11 nitrogen and oxygen atoms in total. The molecule has 1 fully saturated rings. The number of aryl methyl sites for hydroxylation is 2. The van der Waals surface area contributed by atoms with Gasteiger partial charge >= 0.3 is 17.6 Å². The Kier molecular flexibility index (Phi) is 7.82. The van der Waals surface area contributed by atoms with Crippen LogP contribution in [0.15, 0.2) is 69.2 Å². The fourth-order valence-electron chi connectivity index (χ4n) is 5.15. The summed E-state index contributed by atoms with van der Waals surface area (Å²) in [5.41, 5.74) is 1.74. The third-order valence-corrected chi connectivity index (χ3v) is 7.55. The Morgan fingerprint density at radius 1 is 0.881 bits per heavy atom. The second-order valence-electron chi connectivity index (χ2n) is 10.2.